The fourth-order valence-electron chi connectivity index (χ4n) is 4.18. The highest BCUT2D eigenvalue weighted by atomic mass is 35.5. The Morgan fingerprint density at radius 2 is 1.77 bits per heavy atom. The molecule has 2 aromatic carbocycles. The van der Waals surface area contributed by atoms with Gasteiger partial charge in [-0.15, -0.1) is 12.4 Å². The van der Waals surface area contributed by atoms with Gasteiger partial charge in [-0.1, -0.05) is 54.1 Å². The lowest BCUT2D eigenvalue weighted by atomic mass is 9.89. The van der Waals surface area contributed by atoms with Gasteiger partial charge in [0.2, 0.25) is 5.91 Å². The van der Waals surface area contributed by atoms with Crippen LogP contribution in [0.1, 0.15) is 29.4 Å². The molecule has 4 rings (SSSR count). The molecule has 3 nitrogen and oxygen atoms in total. The molecule has 0 aromatic heterocycles. The highest BCUT2D eigenvalue weighted by Gasteiger charge is 2.48. The minimum absolute atomic E-state index is 0. The molecule has 0 spiro atoms. The molecule has 1 saturated carbocycles. The number of halogens is 2. The molecule has 4 atom stereocenters. The predicted molar refractivity (Wildman–Crippen MR) is 108 cm³/mol. The number of hydrogen-bond acceptors (Lipinski definition) is 2. The summed E-state index contributed by atoms with van der Waals surface area (Å²) in [6.07, 6.45) is 0.930. The van der Waals surface area contributed by atoms with E-state index >= 15 is 0 Å². The third-order valence-corrected chi connectivity index (χ3v) is 5.90. The van der Waals surface area contributed by atoms with Gasteiger partial charge >= 0.3 is 0 Å². The second-order valence-corrected chi connectivity index (χ2v) is 7.70. The number of hydrogen-bond donors (Lipinski definition) is 1. The van der Waals surface area contributed by atoms with Crippen molar-refractivity contribution in [1.29, 1.82) is 0 Å². The maximum atomic E-state index is 13.0. The number of amides is 1. The first-order valence-electron chi connectivity index (χ1n) is 8.96. The first-order valence-corrected chi connectivity index (χ1v) is 9.34. The van der Waals surface area contributed by atoms with Crippen LogP contribution in [0.2, 0.25) is 5.02 Å². The lowest BCUT2D eigenvalue weighted by Gasteiger charge is -2.17. The molecular formula is C21H24Cl2N2O. The maximum absolute atomic E-state index is 13.0. The Kier molecular flexibility index (Phi) is 5.91. The van der Waals surface area contributed by atoms with E-state index in [4.69, 9.17) is 17.3 Å². The zero-order valence-electron chi connectivity index (χ0n) is 14.6. The second-order valence-electron chi connectivity index (χ2n) is 7.26. The third-order valence-electron chi connectivity index (χ3n) is 5.67. The van der Waals surface area contributed by atoms with Gasteiger partial charge in [-0.25, -0.2) is 0 Å². The van der Waals surface area contributed by atoms with Crippen LogP contribution in [0.5, 0.6) is 0 Å². The SMILES string of the molecule is Cl.NC[C@@H]1CN(C(=O)C2CC2c2cccc(Cl)c2)C[C@H]1c1ccccc1. The van der Waals surface area contributed by atoms with Crippen LogP contribution in [0, 0.1) is 11.8 Å². The Labute approximate surface area is 165 Å². The summed E-state index contributed by atoms with van der Waals surface area (Å²) in [6.45, 7) is 2.17. The zero-order valence-corrected chi connectivity index (χ0v) is 16.1. The molecule has 138 valence electrons. The van der Waals surface area contributed by atoms with E-state index in [9.17, 15) is 4.79 Å². The lowest BCUT2D eigenvalue weighted by Crippen LogP contribution is -2.31. The van der Waals surface area contributed by atoms with Crippen molar-refractivity contribution in [3.63, 3.8) is 0 Å². The first-order chi connectivity index (χ1) is 12.2. The van der Waals surface area contributed by atoms with Gasteiger partial charge in [0.1, 0.15) is 0 Å². The van der Waals surface area contributed by atoms with Gasteiger partial charge in [0.15, 0.2) is 0 Å². The Balaban J connectivity index is 0.00000196. The van der Waals surface area contributed by atoms with Crippen LogP contribution in [0.15, 0.2) is 54.6 Å². The topological polar surface area (TPSA) is 46.3 Å². The fourth-order valence-corrected chi connectivity index (χ4v) is 4.37. The number of carbonyl (C=O) groups is 1. The summed E-state index contributed by atoms with van der Waals surface area (Å²) < 4.78 is 0. The molecule has 2 unspecified atom stereocenters. The smallest absolute Gasteiger partial charge is 0.226 e. The van der Waals surface area contributed by atoms with E-state index in [0.717, 1.165) is 24.5 Å². The maximum Gasteiger partial charge on any atom is 0.226 e. The molecule has 5 heteroatoms. The van der Waals surface area contributed by atoms with E-state index in [1.807, 2.05) is 29.2 Å². The van der Waals surface area contributed by atoms with Crippen molar-refractivity contribution in [3.8, 4) is 0 Å². The number of likely N-dealkylation sites (tertiary alicyclic amines) is 1. The van der Waals surface area contributed by atoms with Crippen molar-refractivity contribution in [1.82, 2.24) is 4.90 Å². The van der Waals surface area contributed by atoms with Crippen LogP contribution < -0.4 is 5.73 Å². The molecule has 1 aliphatic carbocycles. The van der Waals surface area contributed by atoms with Crippen LogP contribution in [0.25, 0.3) is 0 Å². The summed E-state index contributed by atoms with van der Waals surface area (Å²) in [6, 6.07) is 18.3. The molecule has 1 saturated heterocycles. The summed E-state index contributed by atoms with van der Waals surface area (Å²) >= 11 is 6.09. The van der Waals surface area contributed by atoms with E-state index in [-0.39, 0.29) is 24.2 Å². The molecule has 26 heavy (non-hydrogen) atoms. The van der Waals surface area contributed by atoms with E-state index in [0.29, 0.717) is 24.3 Å². The quantitative estimate of drug-likeness (QED) is 0.854. The fraction of sp³-hybridized carbons (Fsp3) is 0.381. The van der Waals surface area contributed by atoms with E-state index in [1.165, 1.54) is 11.1 Å². The summed E-state index contributed by atoms with van der Waals surface area (Å²) in [4.78, 5) is 15.0. The Morgan fingerprint density at radius 1 is 1.04 bits per heavy atom. The highest BCUT2D eigenvalue weighted by Crippen LogP contribution is 2.49. The molecule has 1 heterocycles. The van der Waals surface area contributed by atoms with Gasteiger partial charge in [0.05, 0.1) is 0 Å². The van der Waals surface area contributed by atoms with Crippen molar-refractivity contribution in [2.24, 2.45) is 17.6 Å². The van der Waals surface area contributed by atoms with Crippen LogP contribution in [-0.2, 0) is 4.79 Å². The normalized spacial score (nSPS) is 27.1. The average molecular weight is 391 g/mol. The number of nitrogens with zero attached hydrogens (tertiary/aromatic N) is 1. The molecule has 2 aromatic rings. The Morgan fingerprint density at radius 3 is 2.46 bits per heavy atom. The monoisotopic (exact) mass is 390 g/mol. The number of carbonyl (C=O) groups excluding carboxylic acids is 1. The van der Waals surface area contributed by atoms with Crippen LogP contribution >= 0.6 is 24.0 Å². The molecule has 2 aliphatic rings. The third kappa shape index (κ3) is 3.75. The van der Waals surface area contributed by atoms with Gasteiger partial charge in [-0.3, -0.25) is 4.79 Å². The van der Waals surface area contributed by atoms with Gasteiger partial charge in [0.25, 0.3) is 0 Å². The van der Waals surface area contributed by atoms with E-state index in [2.05, 4.69) is 30.3 Å². The molecule has 0 radical (unpaired) electrons. The first kappa shape index (κ1) is 19.2. The average Bonchev–Trinajstić information content (AvgIpc) is 3.33. The molecule has 1 aliphatic heterocycles. The highest BCUT2D eigenvalue weighted by molar-refractivity contribution is 6.30. The largest absolute Gasteiger partial charge is 0.341 e. The van der Waals surface area contributed by atoms with Crippen molar-refractivity contribution >= 4 is 29.9 Å². The Hall–Kier alpha value is -1.55. The number of nitrogens with two attached hydrogens (primary N) is 1. The summed E-state index contributed by atoms with van der Waals surface area (Å²) in [5, 5.41) is 0.740. The lowest BCUT2D eigenvalue weighted by molar-refractivity contribution is -0.131. The Bertz CT molecular complexity index is 768. The van der Waals surface area contributed by atoms with Crippen molar-refractivity contribution in [2.45, 2.75) is 18.3 Å². The van der Waals surface area contributed by atoms with Crippen molar-refractivity contribution in [2.75, 3.05) is 19.6 Å². The molecule has 1 amide bonds. The summed E-state index contributed by atoms with van der Waals surface area (Å²) in [7, 11) is 0. The van der Waals surface area contributed by atoms with Gasteiger partial charge in [0, 0.05) is 29.9 Å². The van der Waals surface area contributed by atoms with Gasteiger partial charge in [-0.05, 0) is 48.1 Å². The van der Waals surface area contributed by atoms with Crippen LogP contribution in [-0.4, -0.2) is 30.4 Å². The zero-order chi connectivity index (χ0) is 17.4. The number of benzene rings is 2. The van der Waals surface area contributed by atoms with Gasteiger partial charge in [-0.2, -0.15) is 0 Å². The summed E-state index contributed by atoms with van der Waals surface area (Å²) in [5.74, 6) is 1.39. The van der Waals surface area contributed by atoms with Gasteiger partial charge < -0.3 is 10.6 Å². The van der Waals surface area contributed by atoms with E-state index < -0.39 is 0 Å². The van der Waals surface area contributed by atoms with Crippen molar-refractivity contribution in [3.05, 3.63) is 70.7 Å². The summed E-state index contributed by atoms with van der Waals surface area (Å²) in [5.41, 5.74) is 8.47. The van der Waals surface area contributed by atoms with Crippen LogP contribution in [0.4, 0.5) is 0 Å². The molecule has 2 N–H and O–H groups in total. The van der Waals surface area contributed by atoms with Crippen LogP contribution in [0.3, 0.4) is 0 Å². The molecule has 0 bridgehead atoms. The molecule has 2 fully saturated rings. The minimum atomic E-state index is 0. The standard InChI is InChI=1S/C21H23ClN2O.ClH/c22-17-8-4-7-15(9-17)18-10-19(18)21(25)24-12-16(11-23)20(13-24)14-5-2-1-3-6-14;/h1-9,16,18-20H,10-13,23H2;1H/t16-,18?,19?,20+;/m1./s1. The molecular weight excluding hydrogens is 367 g/mol. The second kappa shape index (κ2) is 7.99. The minimum Gasteiger partial charge on any atom is -0.341 e. The number of rotatable bonds is 4. The predicted octanol–water partition coefficient (Wildman–Crippen LogP) is 4.07. The van der Waals surface area contributed by atoms with Crippen molar-refractivity contribution < 1.29 is 4.79 Å². The van der Waals surface area contributed by atoms with E-state index in [1.54, 1.807) is 0 Å².